The van der Waals surface area contributed by atoms with Gasteiger partial charge in [-0.2, -0.15) is 0 Å². The molecule has 1 aliphatic heterocycles. The molecule has 0 radical (unpaired) electrons. The standard InChI is InChI=1S/C16H21F2N3O2.ClH/c1-10(2)7-14(22)20-11-3-5-12(6-4-11)21-15(23)13-8-16(17,18)9-19-13;/h3-6,10,13,19H,7-9H2,1-2H3,(H,20,22)(H,21,23);1H. The summed E-state index contributed by atoms with van der Waals surface area (Å²) in [7, 11) is 0. The van der Waals surface area contributed by atoms with Crippen molar-refractivity contribution in [2.24, 2.45) is 5.92 Å². The minimum absolute atomic E-state index is 0. The topological polar surface area (TPSA) is 70.2 Å². The largest absolute Gasteiger partial charge is 0.326 e. The second-order valence-electron chi connectivity index (χ2n) is 6.21. The molecule has 1 aromatic rings. The lowest BCUT2D eigenvalue weighted by Crippen LogP contribution is -2.35. The molecule has 0 aliphatic carbocycles. The summed E-state index contributed by atoms with van der Waals surface area (Å²) >= 11 is 0. The predicted octanol–water partition coefficient (Wildman–Crippen LogP) is 3.03. The third-order valence-corrected chi connectivity index (χ3v) is 3.46. The SMILES string of the molecule is CC(C)CC(=O)Nc1ccc(NC(=O)C2CC(F)(F)CN2)cc1.Cl. The molecule has 1 fully saturated rings. The summed E-state index contributed by atoms with van der Waals surface area (Å²) in [5.41, 5.74) is 1.12. The van der Waals surface area contributed by atoms with Gasteiger partial charge in [0.05, 0.1) is 12.6 Å². The molecule has 3 N–H and O–H groups in total. The number of carbonyl (C=O) groups excluding carboxylic acids is 2. The van der Waals surface area contributed by atoms with Crippen LogP contribution in [0.3, 0.4) is 0 Å². The van der Waals surface area contributed by atoms with Gasteiger partial charge in [0, 0.05) is 24.2 Å². The third-order valence-electron chi connectivity index (χ3n) is 3.46. The lowest BCUT2D eigenvalue weighted by Gasteiger charge is -2.12. The zero-order valence-electron chi connectivity index (χ0n) is 13.6. The molecular formula is C16H22ClF2N3O2. The van der Waals surface area contributed by atoms with Crippen LogP contribution in [-0.2, 0) is 9.59 Å². The minimum Gasteiger partial charge on any atom is -0.326 e. The average molecular weight is 362 g/mol. The smallest absolute Gasteiger partial charge is 0.262 e. The van der Waals surface area contributed by atoms with Gasteiger partial charge in [-0.25, -0.2) is 8.78 Å². The molecule has 1 heterocycles. The number of nitrogens with one attached hydrogen (secondary N) is 3. The summed E-state index contributed by atoms with van der Waals surface area (Å²) in [6.07, 6.45) is -0.0672. The van der Waals surface area contributed by atoms with Crippen LogP contribution in [0.25, 0.3) is 0 Å². The average Bonchev–Trinajstić information content (AvgIpc) is 2.80. The molecule has 1 atom stereocenters. The van der Waals surface area contributed by atoms with Crippen molar-refractivity contribution in [3.8, 4) is 0 Å². The van der Waals surface area contributed by atoms with Gasteiger partial charge in [0.15, 0.2) is 0 Å². The lowest BCUT2D eigenvalue weighted by molar-refractivity contribution is -0.118. The van der Waals surface area contributed by atoms with Gasteiger partial charge in [0.25, 0.3) is 5.92 Å². The number of carbonyl (C=O) groups is 2. The van der Waals surface area contributed by atoms with E-state index in [-0.39, 0.29) is 24.2 Å². The fourth-order valence-corrected chi connectivity index (χ4v) is 2.35. The predicted molar refractivity (Wildman–Crippen MR) is 91.8 cm³/mol. The minimum atomic E-state index is -2.84. The number of hydrogen-bond donors (Lipinski definition) is 3. The highest BCUT2D eigenvalue weighted by atomic mass is 35.5. The number of benzene rings is 1. The Morgan fingerprint density at radius 3 is 2.21 bits per heavy atom. The van der Waals surface area contributed by atoms with Gasteiger partial charge in [0.2, 0.25) is 11.8 Å². The van der Waals surface area contributed by atoms with E-state index in [9.17, 15) is 18.4 Å². The molecule has 0 spiro atoms. The molecule has 0 saturated carbocycles. The van der Waals surface area contributed by atoms with Crippen LogP contribution in [0.15, 0.2) is 24.3 Å². The fourth-order valence-electron chi connectivity index (χ4n) is 2.35. The number of alkyl halides is 2. The Bertz CT molecular complexity index is 579. The molecule has 2 amide bonds. The van der Waals surface area contributed by atoms with Gasteiger partial charge in [0.1, 0.15) is 0 Å². The molecule has 8 heteroatoms. The van der Waals surface area contributed by atoms with Crippen molar-refractivity contribution in [2.75, 3.05) is 17.2 Å². The highest BCUT2D eigenvalue weighted by Crippen LogP contribution is 2.26. The number of halogens is 3. The monoisotopic (exact) mass is 361 g/mol. The van der Waals surface area contributed by atoms with Gasteiger partial charge in [-0.1, -0.05) is 13.8 Å². The Labute approximate surface area is 146 Å². The van der Waals surface area contributed by atoms with Gasteiger partial charge >= 0.3 is 0 Å². The van der Waals surface area contributed by atoms with E-state index in [2.05, 4.69) is 16.0 Å². The van der Waals surface area contributed by atoms with Crippen LogP contribution in [0, 0.1) is 5.92 Å². The Morgan fingerprint density at radius 2 is 1.75 bits per heavy atom. The normalized spacial score (nSPS) is 18.8. The van der Waals surface area contributed by atoms with Crippen LogP contribution >= 0.6 is 12.4 Å². The summed E-state index contributed by atoms with van der Waals surface area (Å²) in [6, 6.07) is 5.66. The van der Waals surface area contributed by atoms with E-state index in [1.54, 1.807) is 24.3 Å². The maximum Gasteiger partial charge on any atom is 0.262 e. The lowest BCUT2D eigenvalue weighted by atomic mass is 10.1. The van der Waals surface area contributed by atoms with E-state index in [0.29, 0.717) is 17.8 Å². The van der Waals surface area contributed by atoms with Gasteiger partial charge in [-0.05, 0) is 30.2 Å². The van der Waals surface area contributed by atoms with Crippen LogP contribution < -0.4 is 16.0 Å². The van der Waals surface area contributed by atoms with Crippen molar-refractivity contribution in [1.82, 2.24) is 5.32 Å². The number of rotatable bonds is 5. The van der Waals surface area contributed by atoms with E-state index in [4.69, 9.17) is 0 Å². The Kier molecular flexibility index (Phi) is 7.10. The maximum atomic E-state index is 13.1. The van der Waals surface area contributed by atoms with E-state index in [0.717, 1.165) is 0 Å². The molecule has 1 aliphatic rings. The van der Waals surface area contributed by atoms with Gasteiger partial charge in [-0.15, -0.1) is 12.4 Å². The van der Waals surface area contributed by atoms with Crippen LogP contribution in [0.2, 0.25) is 0 Å². The number of hydrogen-bond acceptors (Lipinski definition) is 3. The highest BCUT2D eigenvalue weighted by Gasteiger charge is 2.42. The first-order valence-corrected chi connectivity index (χ1v) is 7.57. The van der Waals surface area contributed by atoms with E-state index < -0.39 is 30.8 Å². The molecule has 5 nitrogen and oxygen atoms in total. The molecule has 1 saturated heterocycles. The van der Waals surface area contributed by atoms with Crippen LogP contribution in [0.4, 0.5) is 20.2 Å². The summed E-state index contributed by atoms with van der Waals surface area (Å²) in [5.74, 6) is -3.13. The fraction of sp³-hybridized carbons (Fsp3) is 0.500. The molecule has 2 rings (SSSR count). The molecule has 0 aromatic heterocycles. The molecule has 0 bridgehead atoms. The second kappa shape index (κ2) is 8.39. The Morgan fingerprint density at radius 1 is 1.21 bits per heavy atom. The van der Waals surface area contributed by atoms with Crippen molar-refractivity contribution >= 4 is 35.6 Å². The van der Waals surface area contributed by atoms with E-state index in [1.165, 1.54) is 0 Å². The summed E-state index contributed by atoms with van der Waals surface area (Å²) < 4.78 is 26.2. The summed E-state index contributed by atoms with van der Waals surface area (Å²) in [6.45, 7) is 3.43. The zero-order chi connectivity index (χ0) is 17.0. The van der Waals surface area contributed by atoms with Crippen molar-refractivity contribution in [2.45, 2.75) is 38.7 Å². The molecule has 134 valence electrons. The summed E-state index contributed by atoms with van der Waals surface area (Å²) in [4.78, 5) is 23.6. The van der Waals surface area contributed by atoms with E-state index >= 15 is 0 Å². The highest BCUT2D eigenvalue weighted by molar-refractivity contribution is 5.96. The third kappa shape index (κ3) is 6.05. The maximum absolute atomic E-state index is 13.1. The van der Waals surface area contributed by atoms with Crippen LogP contribution in [-0.4, -0.2) is 30.3 Å². The first kappa shape index (κ1) is 20.3. The molecule has 1 aromatic carbocycles. The molecule has 24 heavy (non-hydrogen) atoms. The van der Waals surface area contributed by atoms with Gasteiger partial charge in [-0.3, -0.25) is 14.9 Å². The van der Waals surface area contributed by atoms with Crippen molar-refractivity contribution in [1.29, 1.82) is 0 Å². The Hall–Kier alpha value is -1.73. The summed E-state index contributed by atoms with van der Waals surface area (Å²) in [5, 5.41) is 7.85. The quantitative estimate of drug-likeness (QED) is 0.755. The molecular weight excluding hydrogens is 340 g/mol. The van der Waals surface area contributed by atoms with Crippen LogP contribution in [0.5, 0.6) is 0 Å². The van der Waals surface area contributed by atoms with Crippen molar-refractivity contribution in [3.05, 3.63) is 24.3 Å². The number of amides is 2. The van der Waals surface area contributed by atoms with E-state index in [1.807, 2.05) is 13.8 Å². The second-order valence-corrected chi connectivity index (χ2v) is 6.21. The van der Waals surface area contributed by atoms with Crippen molar-refractivity contribution in [3.63, 3.8) is 0 Å². The van der Waals surface area contributed by atoms with Gasteiger partial charge < -0.3 is 10.6 Å². The van der Waals surface area contributed by atoms with Crippen molar-refractivity contribution < 1.29 is 18.4 Å². The Balaban J connectivity index is 0.00000288. The zero-order valence-corrected chi connectivity index (χ0v) is 14.4. The number of anilines is 2. The van der Waals surface area contributed by atoms with Crippen LogP contribution in [0.1, 0.15) is 26.7 Å². The first-order chi connectivity index (χ1) is 10.7. The molecule has 1 unspecified atom stereocenters. The first-order valence-electron chi connectivity index (χ1n) is 7.57.